The van der Waals surface area contributed by atoms with Crippen LogP contribution in [0, 0.1) is 0 Å². The molecule has 1 fully saturated rings. The van der Waals surface area contributed by atoms with Crippen molar-refractivity contribution >= 4 is 21.8 Å². The maximum absolute atomic E-state index is 11.2. The first-order valence-corrected chi connectivity index (χ1v) is 5.97. The highest BCUT2D eigenvalue weighted by Crippen LogP contribution is 2.28. The number of nitrogens with zero attached hydrogens (tertiary/aromatic N) is 1. The number of hydrogen-bond acceptors (Lipinski definition) is 1. The van der Waals surface area contributed by atoms with Crippen molar-refractivity contribution in [2.75, 3.05) is 13.1 Å². The van der Waals surface area contributed by atoms with Gasteiger partial charge in [-0.05, 0) is 24.1 Å². The predicted octanol–water partition coefficient (Wildman–Crippen LogP) is 2.78. The summed E-state index contributed by atoms with van der Waals surface area (Å²) < 4.78 is 1.11. The number of rotatable bonds is 1. The fraction of sp³-hybridized carbons (Fsp3) is 0.417. The lowest BCUT2D eigenvalue weighted by molar-refractivity contribution is -0.127. The van der Waals surface area contributed by atoms with Gasteiger partial charge in [-0.25, -0.2) is 0 Å². The van der Waals surface area contributed by atoms with Crippen molar-refractivity contribution in [1.82, 2.24) is 4.90 Å². The molecule has 0 N–H and O–H groups in total. The maximum Gasteiger partial charge on any atom is 0.219 e. The van der Waals surface area contributed by atoms with Crippen LogP contribution in [-0.4, -0.2) is 23.9 Å². The first-order valence-electron chi connectivity index (χ1n) is 5.18. The summed E-state index contributed by atoms with van der Waals surface area (Å²) in [4.78, 5) is 13.1. The van der Waals surface area contributed by atoms with Gasteiger partial charge in [0.25, 0.3) is 0 Å². The van der Waals surface area contributed by atoms with E-state index in [1.807, 2.05) is 11.0 Å². The Hall–Kier alpha value is -0.830. The summed E-state index contributed by atoms with van der Waals surface area (Å²) in [5.74, 6) is 0.693. The fourth-order valence-electron chi connectivity index (χ4n) is 2.08. The molecule has 80 valence electrons. The van der Waals surface area contributed by atoms with Crippen molar-refractivity contribution in [1.29, 1.82) is 0 Å². The lowest BCUT2D eigenvalue weighted by atomic mass is 9.99. The van der Waals surface area contributed by atoms with Gasteiger partial charge in [0.05, 0.1) is 0 Å². The maximum atomic E-state index is 11.2. The van der Waals surface area contributed by atoms with Crippen LogP contribution in [0.1, 0.15) is 24.8 Å². The zero-order chi connectivity index (χ0) is 10.8. The summed E-state index contributed by atoms with van der Waals surface area (Å²) in [7, 11) is 0. The van der Waals surface area contributed by atoms with Crippen molar-refractivity contribution in [3.63, 3.8) is 0 Å². The third-order valence-corrected chi connectivity index (χ3v) is 3.45. The molecule has 0 bridgehead atoms. The van der Waals surface area contributed by atoms with E-state index in [0.29, 0.717) is 5.92 Å². The van der Waals surface area contributed by atoms with Gasteiger partial charge in [0.2, 0.25) is 5.91 Å². The minimum Gasteiger partial charge on any atom is -0.342 e. The minimum atomic E-state index is 0.187. The molecule has 0 aromatic heterocycles. The second-order valence-corrected chi connectivity index (χ2v) is 4.92. The fourth-order valence-corrected chi connectivity index (χ4v) is 2.50. The van der Waals surface area contributed by atoms with Gasteiger partial charge in [0.1, 0.15) is 0 Å². The normalized spacial score (nSPS) is 20.7. The van der Waals surface area contributed by atoms with Crippen LogP contribution in [0.3, 0.4) is 0 Å². The first-order chi connectivity index (χ1) is 7.16. The largest absolute Gasteiger partial charge is 0.342 e. The highest BCUT2D eigenvalue weighted by atomic mass is 79.9. The van der Waals surface area contributed by atoms with Crippen LogP contribution in [0.15, 0.2) is 28.7 Å². The van der Waals surface area contributed by atoms with Gasteiger partial charge in [0.15, 0.2) is 0 Å². The van der Waals surface area contributed by atoms with Gasteiger partial charge in [0, 0.05) is 30.4 Å². The number of hydrogen-bond donors (Lipinski definition) is 0. The van der Waals surface area contributed by atoms with Gasteiger partial charge < -0.3 is 4.90 Å². The van der Waals surface area contributed by atoms with E-state index in [4.69, 9.17) is 0 Å². The van der Waals surface area contributed by atoms with Crippen molar-refractivity contribution in [3.05, 3.63) is 34.3 Å². The number of carbonyl (C=O) groups is 1. The van der Waals surface area contributed by atoms with Crippen LogP contribution >= 0.6 is 15.9 Å². The number of likely N-dealkylation sites (tertiary alicyclic amines) is 1. The molecule has 0 spiro atoms. The average molecular weight is 268 g/mol. The van der Waals surface area contributed by atoms with Crippen LogP contribution in [0.25, 0.3) is 0 Å². The van der Waals surface area contributed by atoms with Gasteiger partial charge >= 0.3 is 0 Å². The molecule has 0 radical (unpaired) electrons. The van der Waals surface area contributed by atoms with E-state index < -0.39 is 0 Å². The van der Waals surface area contributed by atoms with Crippen LogP contribution in [0.4, 0.5) is 0 Å². The number of benzene rings is 1. The van der Waals surface area contributed by atoms with E-state index in [1.165, 1.54) is 5.56 Å². The Kier molecular flexibility index (Phi) is 3.10. The molecular formula is C12H14BrNO. The van der Waals surface area contributed by atoms with Crippen molar-refractivity contribution in [3.8, 4) is 0 Å². The van der Waals surface area contributed by atoms with Crippen LogP contribution in [0.2, 0.25) is 0 Å². The Morgan fingerprint density at radius 1 is 1.53 bits per heavy atom. The summed E-state index contributed by atoms with van der Waals surface area (Å²) >= 11 is 3.47. The lowest BCUT2D eigenvalue weighted by Crippen LogP contribution is -2.25. The van der Waals surface area contributed by atoms with Crippen molar-refractivity contribution < 1.29 is 4.79 Å². The first kappa shape index (κ1) is 10.7. The molecule has 1 aliphatic rings. The summed E-state index contributed by atoms with van der Waals surface area (Å²) in [5.41, 5.74) is 1.33. The van der Waals surface area contributed by atoms with Crippen LogP contribution in [-0.2, 0) is 4.79 Å². The molecule has 0 saturated carbocycles. The highest BCUT2D eigenvalue weighted by molar-refractivity contribution is 9.10. The second-order valence-electron chi connectivity index (χ2n) is 4.01. The summed E-state index contributed by atoms with van der Waals surface area (Å²) in [6.07, 6.45) is 1.08. The Balaban J connectivity index is 2.11. The molecule has 1 atom stereocenters. The predicted molar refractivity (Wildman–Crippen MR) is 63.8 cm³/mol. The number of halogens is 1. The van der Waals surface area contributed by atoms with Crippen LogP contribution in [0.5, 0.6) is 0 Å². The van der Waals surface area contributed by atoms with Crippen LogP contribution < -0.4 is 0 Å². The third kappa shape index (κ3) is 2.40. The minimum absolute atomic E-state index is 0.187. The quantitative estimate of drug-likeness (QED) is 0.767. The molecule has 1 amide bonds. The molecule has 1 unspecified atom stereocenters. The van der Waals surface area contributed by atoms with Crippen molar-refractivity contribution in [2.24, 2.45) is 0 Å². The Morgan fingerprint density at radius 3 is 2.93 bits per heavy atom. The van der Waals surface area contributed by atoms with Gasteiger partial charge in [-0.1, -0.05) is 28.1 Å². The average Bonchev–Trinajstić information content (AvgIpc) is 2.66. The second kappa shape index (κ2) is 4.35. The number of amides is 1. The van der Waals surface area contributed by atoms with E-state index in [-0.39, 0.29) is 5.91 Å². The number of carbonyl (C=O) groups excluding carboxylic acids is 1. The van der Waals surface area contributed by atoms with E-state index in [9.17, 15) is 4.79 Å². The van der Waals surface area contributed by atoms with Gasteiger partial charge in [-0.15, -0.1) is 0 Å². The lowest BCUT2D eigenvalue weighted by Gasteiger charge is -2.14. The molecule has 0 aliphatic carbocycles. The van der Waals surface area contributed by atoms with E-state index >= 15 is 0 Å². The Morgan fingerprint density at radius 2 is 2.33 bits per heavy atom. The molecule has 2 rings (SSSR count). The van der Waals surface area contributed by atoms with E-state index in [2.05, 4.69) is 34.1 Å². The van der Waals surface area contributed by atoms with Gasteiger partial charge in [-0.3, -0.25) is 4.79 Å². The zero-order valence-corrected chi connectivity index (χ0v) is 10.3. The molecule has 1 aromatic rings. The molecular weight excluding hydrogens is 254 g/mol. The highest BCUT2D eigenvalue weighted by Gasteiger charge is 2.25. The van der Waals surface area contributed by atoms with Crippen molar-refractivity contribution in [2.45, 2.75) is 19.3 Å². The molecule has 15 heavy (non-hydrogen) atoms. The standard InChI is InChI=1S/C12H14BrNO/c1-9(15)14-6-5-11(8-14)10-3-2-4-12(13)7-10/h2-4,7,11H,5-6,8H2,1H3. The summed E-state index contributed by atoms with van der Waals surface area (Å²) in [6.45, 7) is 3.40. The Labute approximate surface area is 98.4 Å². The molecule has 1 saturated heterocycles. The Bertz CT molecular complexity index is 378. The SMILES string of the molecule is CC(=O)N1CCC(c2cccc(Br)c2)C1. The molecule has 2 nitrogen and oxygen atoms in total. The van der Waals surface area contributed by atoms with Gasteiger partial charge in [-0.2, -0.15) is 0 Å². The monoisotopic (exact) mass is 267 g/mol. The van der Waals surface area contributed by atoms with E-state index in [0.717, 1.165) is 24.0 Å². The summed E-state index contributed by atoms with van der Waals surface area (Å²) in [6, 6.07) is 8.37. The zero-order valence-electron chi connectivity index (χ0n) is 8.74. The smallest absolute Gasteiger partial charge is 0.219 e. The topological polar surface area (TPSA) is 20.3 Å². The molecule has 3 heteroatoms. The molecule has 1 aliphatic heterocycles. The summed E-state index contributed by atoms with van der Waals surface area (Å²) in [5, 5.41) is 0. The third-order valence-electron chi connectivity index (χ3n) is 2.95. The molecule has 1 heterocycles. The molecule has 1 aromatic carbocycles. The van der Waals surface area contributed by atoms with E-state index in [1.54, 1.807) is 6.92 Å².